The maximum Gasteiger partial charge on any atom is 0.229 e. The van der Waals surface area contributed by atoms with E-state index in [0.717, 1.165) is 24.5 Å². The van der Waals surface area contributed by atoms with E-state index in [1.54, 1.807) is 18.2 Å². The van der Waals surface area contributed by atoms with E-state index in [9.17, 15) is 4.39 Å². The lowest BCUT2D eigenvalue weighted by molar-refractivity contribution is 0.631. The Labute approximate surface area is 159 Å². The Morgan fingerprint density at radius 2 is 1.63 bits per heavy atom. The summed E-state index contributed by atoms with van der Waals surface area (Å²) >= 11 is 0. The Hall–Kier alpha value is -3.15. The van der Waals surface area contributed by atoms with Gasteiger partial charge in [-0.25, -0.2) is 9.37 Å². The van der Waals surface area contributed by atoms with Crippen molar-refractivity contribution in [1.29, 1.82) is 0 Å². The number of aromatic nitrogens is 2. The molecule has 0 unspecified atom stereocenters. The summed E-state index contributed by atoms with van der Waals surface area (Å²) in [7, 11) is 0. The van der Waals surface area contributed by atoms with E-state index in [1.807, 2.05) is 25.1 Å². The quantitative estimate of drug-likeness (QED) is 0.598. The van der Waals surface area contributed by atoms with Crippen molar-refractivity contribution in [2.45, 2.75) is 20.8 Å². The van der Waals surface area contributed by atoms with Crippen LogP contribution in [0, 0.1) is 12.7 Å². The van der Waals surface area contributed by atoms with E-state index in [0.29, 0.717) is 17.5 Å². The van der Waals surface area contributed by atoms with Crippen molar-refractivity contribution in [2.75, 3.05) is 28.6 Å². The van der Waals surface area contributed by atoms with Crippen LogP contribution in [0.5, 0.6) is 0 Å². The molecule has 0 fully saturated rings. The predicted octanol–water partition coefficient (Wildman–Crippen LogP) is 5.26. The van der Waals surface area contributed by atoms with Gasteiger partial charge in [0.1, 0.15) is 11.6 Å². The van der Waals surface area contributed by atoms with Crippen molar-refractivity contribution in [1.82, 2.24) is 9.97 Å². The summed E-state index contributed by atoms with van der Waals surface area (Å²) in [6.07, 6.45) is 0. The first-order valence-corrected chi connectivity index (χ1v) is 9.08. The van der Waals surface area contributed by atoms with Crippen molar-refractivity contribution >= 4 is 28.8 Å². The third-order valence-electron chi connectivity index (χ3n) is 4.24. The van der Waals surface area contributed by atoms with Crippen molar-refractivity contribution in [3.8, 4) is 0 Å². The van der Waals surface area contributed by atoms with Crippen LogP contribution < -0.4 is 15.5 Å². The molecule has 0 atom stereocenters. The lowest BCUT2D eigenvalue weighted by Gasteiger charge is -2.21. The normalized spacial score (nSPS) is 10.5. The molecule has 0 bridgehead atoms. The molecule has 1 aromatic heterocycles. The zero-order chi connectivity index (χ0) is 19.2. The molecule has 1 heterocycles. The van der Waals surface area contributed by atoms with Gasteiger partial charge in [0.2, 0.25) is 5.95 Å². The van der Waals surface area contributed by atoms with Crippen molar-refractivity contribution in [2.24, 2.45) is 0 Å². The third kappa shape index (κ3) is 4.73. The van der Waals surface area contributed by atoms with E-state index < -0.39 is 0 Å². The molecule has 2 N–H and O–H groups in total. The number of nitrogens with one attached hydrogen (secondary N) is 2. The van der Waals surface area contributed by atoms with Crippen LogP contribution in [0.1, 0.15) is 19.5 Å². The van der Waals surface area contributed by atoms with Crippen LogP contribution >= 0.6 is 0 Å². The monoisotopic (exact) mass is 365 g/mol. The number of anilines is 5. The van der Waals surface area contributed by atoms with Gasteiger partial charge in [0.05, 0.1) is 5.69 Å². The minimum absolute atomic E-state index is 0.343. The number of nitrogens with zero attached hydrogens (tertiary/aromatic N) is 3. The number of halogens is 1. The highest BCUT2D eigenvalue weighted by Crippen LogP contribution is 2.23. The average molecular weight is 365 g/mol. The molecular formula is C21H24FN5. The standard InChI is InChI=1S/C21H24FN5/c1-4-27(5-2)17-12-10-16(11-13-17)24-20-14-15(3)23-21(26-20)25-19-9-7-6-8-18(19)22/h6-14H,4-5H2,1-3H3,(H2,23,24,25,26). The molecule has 0 spiro atoms. The largest absolute Gasteiger partial charge is 0.372 e. The Kier molecular flexibility index (Phi) is 5.86. The van der Waals surface area contributed by atoms with E-state index >= 15 is 0 Å². The van der Waals surface area contributed by atoms with Crippen LogP contribution in [0.2, 0.25) is 0 Å². The van der Waals surface area contributed by atoms with Crippen LogP contribution in [0.4, 0.5) is 33.2 Å². The maximum atomic E-state index is 13.8. The highest BCUT2D eigenvalue weighted by atomic mass is 19.1. The number of aryl methyl sites for hydroxylation is 1. The molecule has 0 amide bonds. The molecule has 6 heteroatoms. The minimum Gasteiger partial charge on any atom is -0.372 e. The number of benzene rings is 2. The third-order valence-corrected chi connectivity index (χ3v) is 4.24. The fraction of sp³-hybridized carbons (Fsp3) is 0.238. The summed E-state index contributed by atoms with van der Waals surface area (Å²) in [4.78, 5) is 11.1. The molecule has 2 aromatic carbocycles. The molecule has 0 aliphatic rings. The number of hydrogen-bond donors (Lipinski definition) is 2. The maximum absolute atomic E-state index is 13.8. The van der Waals surface area contributed by atoms with Crippen LogP contribution in [0.15, 0.2) is 54.6 Å². The Bertz CT molecular complexity index is 891. The van der Waals surface area contributed by atoms with Gasteiger partial charge in [0.15, 0.2) is 0 Å². The van der Waals surface area contributed by atoms with E-state index in [2.05, 4.69) is 51.5 Å². The summed E-state index contributed by atoms with van der Waals surface area (Å²) in [6.45, 7) is 8.11. The highest BCUT2D eigenvalue weighted by Gasteiger charge is 2.07. The van der Waals surface area contributed by atoms with Gasteiger partial charge >= 0.3 is 0 Å². The van der Waals surface area contributed by atoms with Crippen LogP contribution in [0.25, 0.3) is 0 Å². The van der Waals surface area contributed by atoms with Gasteiger partial charge in [-0.3, -0.25) is 0 Å². The molecular weight excluding hydrogens is 341 g/mol. The van der Waals surface area contributed by atoms with Gasteiger partial charge in [0, 0.05) is 36.2 Å². The molecule has 5 nitrogen and oxygen atoms in total. The Morgan fingerprint density at radius 3 is 2.30 bits per heavy atom. The lowest BCUT2D eigenvalue weighted by atomic mass is 10.2. The van der Waals surface area contributed by atoms with Crippen LogP contribution in [-0.4, -0.2) is 23.1 Å². The minimum atomic E-state index is -0.343. The van der Waals surface area contributed by atoms with Crippen LogP contribution in [0.3, 0.4) is 0 Å². The molecule has 0 aliphatic carbocycles. The SMILES string of the molecule is CCN(CC)c1ccc(Nc2cc(C)nc(Nc3ccccc3F)n2)cc1. The highest BCUT2D eigenvalue weighted by molar-refractivity contribution is 5.63. The van der Waals surface area contributed by atoms with E-state index in [-0.39, 0.29) is 5.82 Å². The van der Waals surface area contributed by atoms with E-state index in [4.69, 9.17) is 0 Å². The molecule has 0 saturated heterocycles. The van der Waals surface area contributed by atoms with Crippen molar-refractivity contribution in [3.05, 3.63) is 66.1 Å². The molecule has 3 rings (SSSR count). The van der Waals surface area contributed by atoms with Gasteiger partial charge in [-0.2, -0.15) is 4.98 Å². The summed E-state index contributed by atoms with van der Waals surface area (Å²) < 4.78 is 13.8. The average Bonchev–Trinajstić information content (AvgIpc) is 2.65. The zero-order valence-electron chi connectivity index (χ0n) is 15.8. The second-order valence-corrected chi connectivity index (χ2v) is 6.17. The van der Waals surface area contributed by atoms with Crippen molar-refractivity contribution < 1.29 is 4.39 Å². The fourth-order valence-corrected chi connectivity index (χ4v) is 2.86. The smallest absolute Gasteiger partial charge is 0.229 e. The first-order chi connectivity index (χ1) is 13.1. The first kappa shape index (κ1) is 18.6. The lowest BCUT2D eigenvalue weighted by Crippen LogP contribution is -2.21. The zero-order valence-corrected chi connectivity index (χ0v) is 15.8. The topological polar surface area (TPSA) is 53.1 Å². The predicted molar refractivity (Wildman–Crippen MR) is 110 cm³/mol. The Morgan fingerprint density at radius 1 is 0.926 bits per heavy atom. The summed E-state index contributed by atoms with van der Waals surface area (Å²) in [5, 5.41) is 6.22. The van der Waals surface area contributed by atoms with Gasteiger partial charge in [0.25, 0.3) is 0 Å². The molecule has 3 aromatic rings. The molecule has 0 aliphatic heterocycles. The van der Waals surface area contributed by atoms with Crippen LogP contribution in [-0.2, 0) is 0 Å². The van der Waals surface area contributed by atoms with E-state index in [1.165, 1.54) is 11.8 Å². The number of rotatable bonds is 7. The van der Waals surface area contributed by atoms with Gasteiger partial charge < -0.3 is 15.5 Å². The van der Waals surface area contributed by atoms with Gasteiger partial charge in [-0.1, -0.05) is 12.1 Å². The second-order valence-electron chi connectivity index (χ2n) is 6.17. The molecule has 140 valence electrons. The summed E-state index contributed by atoms with van der Waals surface area (Å²) in [6, 6.07) is 16.5. The second kappa shape index (κ2) is 8.49. The summed E-state index contributed by atoms with van der Waals surface area (Å²) in [5.41, 5.74) is 3.25. The number of hydrogen-bond acceptors (Lipinski definition) is 5. The first-order valence-electron chi connectivity index (χ1n) is 9.08. The van der Waals surface area contributed by atoms with Crippen molar-refractivity contribution in [3.63, 3.8) is 0 Å². The molecule has 27 heavy (non-hydrogen) atoms. The summed E-state index contributed by atoms with van der Waals surface area (Å²) in [5.74, 6) is 0.656. The molecule has 0 saturated carbocycles. The number of para-hydroxylation sites is 1. The van der Waals surface area contributed by atoms with Gasteiger partial charge in [-0.15, -0.1) is 0 Å². The molecule has 0 radical (unpaired) electrons. The Balaban J connectivity index is 1.77. The fourth-order valence-electron chi connectivity index (χ4n) is 2.86. The van der Waals surface area contributed by atoms with Gasteiger partial charge in [-0.05, 0) is 57.2 Å².